The molecule has 0 aromatic carbocycles. The molecule has 0 heterocycles. The Bertz CT molecular complexity index is 102. The van der Waals surface area contributed by atoms with E-state index >= 15 is 0 Å². The van der Waals surface area contributed by atoms with E-state index in [9.17, 15) is 4.79 Å². The lowest BCUT2D eigenvalue weighted by Crippen LogP contribution is -2.22. The van der Waals surface area contributed by atoms with Crippen LogP contribution < -0.4 is 0 Å². The molecular formula is C7H14NO2. The highest BCUT2D eigenvalue weighted by Crippen LogP contribution is 1.90. The second-order valence-corrected chi connectivity index (χ2v) is 2.22. The minimum atomic E-state index is -0.284. The maximum atomic E-state index is 10.7. The zero-order valence-electron chi connectivity index (χ0n) is 6.59. The molecule has 0 rings (SSSR count). The fourth-order valence-corrected chi connectivity index (χ4v) is 0.391. The second-order valence-electron chi connectivity index (χ2n) is 2.22. The Hall–Kier alpha value is -0.730. The van der Waals surface area contributed by atoms with Crippen LogP contribution in [0.4, 0.5) is 4.79 Å². The molecule has 59 valence electrons. The van der Waals surface area contributed by atoms with Gasteiger partial charge in [-0.25, -0.2) is 4.79 Å². The van der Waals surface area contributed by atoms with Gasteiger partial charge in [0.2, 0.25) is 0 Å². The topological polar surface area (TPSA) is 29.5 Å². The molecule has 0 atom stereocenters. The average molecular weight is 144 g/mol. The van der Waals surface area contributed by atoms with Gasteiger partial charge in [0.25, 0.3) is 0 Å². The monoisotopic (exact) mass is 144 g/mol. The van der Waals surface area contributed by atoms with Crippen molar-refractivity contribution in [3.63, 3.8) is 0 Å². The van der Waals surface area contributed by atoms with Crippen LogP contribution in [0.25, 0.3) is 0 Å². The second kappa shape index (κ2) is 5.09. The summed E-state index contributed by atoms with van der Waals surface area (Å²) in [5.41, 5.74) is 0. The molecule has 0 bridgehead atoms. The third-order valence-electron chi connectivity index (χ3n) is 0.985. The van der Waals surface area contributed by atoms with E-state index in [1.165, 1.54) is 4.90 Å². The summed E-state index contributed by atoms with van der Waals surface area (Å²) in [6.45, 7) is 4.10. The van der Waals surface area contributed by atoms with Gasteiger partial charge < -0.3 is 9.64 Å². The standard InChI is InChI=1S/C7H14NO2/c1-4-5-6-10-7(9)8(2)3/h1,4-6H2,2-3H3. The van der Waals surface area contributed by atoms with Crippen molar-refractivity contribution in [1.82, 2.24) is 4.90 Å². The first-order valence-electron chi connectivity index (χ1n) is 3.31. The lowest BCUT2D eigenvalue weighted by Gasteiger charge is -2.09. The van der Waals surface area contributed by atoms with Crippen LogP contribution in [0, 0.1) is 6.92 Å². The highest BCUT2D eigenvalue weighted by Gasteiger charge is 2.01. The zero-order valence-corrected chi connectivity index (χ0v) is 6.59. The molecule has 3 nitrogen and oxygen atoms in total. The van der Waals surface area contributed by atoms with Crippen LogP contribution in [-0.2, 0) is 4.74 Å². The largest absolute Gasteiger partial charge is 0.449 e. The molecule has 1 amide bonds. The molecule has 0 unspecified atom stereocenters. The molecule has 0 saturated carbocycles. The molecule has 0 fully saturated rings. The van der Waals surface area contributed by atoms with Gasteiger partial charge in [-0.15, -0.1) is 0 Å². The SMILES string of the molecule is [CH2]CCCOC(=O)N(C)C. The van der Waals surface area contributed by atoms with Crippen LogP contribution in [-0.4, -0.2) is 31.7 Å². The molecule has 0 aliphatic rings. The van der Waals surface area contributed by atoms with Gasteiger partial charge in [-0.2, -0.15) is 0 Å². The van der Waals surface area contributed by atoms with Crippen LogP contribution in [0.15, 0.2) is 0 Å². The van der Waals surface area contributed by atoms with Gasteiger partial charge in [0.15, 0.2) is 0 Å². The van der Waals surface area contributed by atoms with Gasteiger partial charge in [0.1, 0.15) is 0 Å². The van der Waals surface area contributed by atoms with Gasteiger partial charge >= 0.3 is 6.09 Å². The summed E-state index contributed by atoms with van der Waals surface area (Å²) in [6, 6.07) is 0. The smallest absolute Gasteiger partial charge is 0.409 e. The third kappa shape index (κ3) is 4.18. The van der Waals surface area contributed by atoms with E-state index in [1.807, 2.05) is 0 Å². The number of hydrogen-bond donors (Lipinski definition) is 0. The lowest BCUT2D eigenvalue weighted by molar-refractivity contribution is 0.117. The molecule has 10 heavy (non-hydrogen) atoms. The van der Waals surface area contributed by atoms with Crippen molar-refractivity contribution in [3.8, 4) is 0 Å². The molecule has 1 radical (unpaired) electrons. The van der Waals surface area contributed by atoms with Gasteiger partial charge in [-0.05, 0) is 6.42 Å². The van der Waals surface area contributed by atoms with Crippen LogP contribution in [0.1, 0.15) is 12.8 Å². The van der Waals surface area contributed by atoms with Crippen molar-refractivity contribution in [2.45, 2.75) is 12.8 Å². The Labute approximate surface area is 62.0 Å². The fraction of sp³-hybridized carbons (Fsp3) is 0.714. The Morgan fingerprint density at radius 1 is 1.60 bits per heavy atom. The van der Waals surface area contributed by atoms with E-state index in [4.69, 9.17) is 4.74 Å². The number of amides is 1. The fourth-order valence-electron chi connectivity index (χ4n) is 0.391. The Morgan fingerprint density at radius 3 is 2.60 bits per heavy atom. The summed E-state index contributed by atoms with van der Waals surface area (Å²) >= 11 is 0. The predicted octanol–water partition coefficient (Wildman–Crippen LogP) is 1.30. The molecule has 0 aromatic rings. The van der Waals surface area contributed by atoms with E-state index < -0.39 is 0 Å². The first kappa shape index (κ1) is 9.27. The van der Waals surface area contributed by atoms with Crippen molar-refractivity contribution in [1.29, 1.82) is 0 Å². The highest BCUT2D eigenvalue weighted by atomic mass is 16.6. The maximum absolute atomic E-state index is 10.7. The number of unbranched alkanes of at least 4 members (excludes halogenated alkanes) is 1. The molecule has 0 N–H and O–H groups in total. The highest BCUT2D eigenvalue weighted by molar-refractivity contribution is 5.66. The van der Waals surface area contributed by atoms with E-state index in [2.05, 4.69) is 6.92 Å². The third-order valence-corrected chi connectivity index (χ3v) is 0.985. The van der Waals surface area contributed by atoms with Crippen molar-refractivity contribution >= 4 is 6.09 Å². The average Bonchev–Trinajstić information content (AvgIpc) is 1.88. The van der Waals surface area contributed by atoms with Crippen molar-refractivity contribution in [2.75, 3.05) is 20.7 Å². The summed E-state index contributed by atoms with van der Waals surface area (Å²) in [5.74, 6) is 0. The first-order valence-corrected chi connectivity index (χ1v) is 3.31. The summed E-state index contributed by atoms with van der Waals surface area (Å²) in [4.78, 5) is 12.1. The first-order chi connectivity index (χ1) is 4.68. The minimum Gasteiger partial charge on any atom is -0.449 e. The van der Waals surface area contributed by atoms with Gasteiger partial charge in [-0.3, -0.25) is 0 Å². The summed E-state index contributed by atoms with van der Waals surface area (Å²) in [7, 11) is 3.32. The number of hydrogen-bond acceptors (Lipinski definition) is 2. The molecule has 0 aliphatic carbocycles. The zero-order chi connectivity index (χ0) is 7.98. The summed E-state index contributed by atoms with van der Waals surface area (Å²) in [5, 5.41) is 0. The maximum Gasteiger partial charge on any atom is 0.409 e. The van der Waals surface area contributed by atoms with E-state index in [0.29, 0.717) is 6.61 Å². The van der Waals surface area contributed by atoms with E-state index in [1.54, 1.807) is 14.1 Å². The van der Waals surface area contributed by atoms with E-state index in [-0.39, 0.29) is 6.09 Å². The van der Waals surface area contributed by atoms with Crippen molar-refractivity contribution in [2.24, 2.45) is 0 Å². The Balaban J connectivity index is 3.22. The number of carbonyl (C=O) groups excluding carboxylic acids is 1. The van der Waals surface area contributed by atoms with Crippen LogP contribution in [0.5, 0.6) is 0 Å². The van der Waals surface area contributed by atoms with Crippen LogP contribution in [0.3, 0.4) is 0 Å². The van der Waals surface area contributed by atoms with Crippen molar-refractivity contribution < 1.29 is 9.53 Å². The molecule has 0 saturated heterocycles. The Morgan fingerprint density at radius 2 is 2.20 bits per heavy atom. The van der Waals surface area contributed by atoms with Gasteiger partial charge in [0, 0.05) is 14.1 Å². The van der Waals surface area contributed by atoms with E-state index in [0.717, 1.165) is 12.8 Å². The predicted molar refractivity (Wildman–Crippen MR) is 39.6 cm³/mol. The molecule has 0 spiro atoms. The number of nitrogens with zero attached hydrogens (tertiary/aromatic N) is 1. The minimum absolute atomic E-state index is 0.284. The molecule has 0 aromatic heterocycles. The summed E-state index contributed by atoms with van der Waals surface area (Å²) < 4.78 is 4.79. The quantitative estimate of drug-likeness (QED) is 0.559. The van der Waals surface area contributed by atoms with Crippen LogP contribution >= 0.6 is 0 Å². The molecule has 3 heteroatoms. The van der Waals surface area contributed by atoms with Crippen LogP contribution in [0.2, 0.25) is 0 Å². The normalized spacial score (nSPS) is 9.10. The number of rotatable bonds is 3. The van der Waals surface area contributed by atoms with Gasteiger partial charge in [-0.1, -0.05) is 13.3 Å². The number of ether oxygens (including phenoxy) is 1. The van der Waals surface area contributed by atoms with Crippen molar-refractivity contribution in [3.05, 3.63) is 6.92 Å². The Kier molecular flexibility index (Phi) is 4.72. The lowest BCUT2D eigenvalue weighted by atomic mass is 10.4. The number of carbonyl (C=O) groups is 1. The molecule has 0 aliphatic heterocycles. The molecular weight excluding hydrogens is 130 g/mol. The summed E-state index contributed by atoms with van der Waals surface area (Å²) in [6.07, 6.45) is 1.36. The van der Waals surface area contributed by atoms with Gasteiger partial charge in [0.05, 0.1) is 6.61 Å².